The van der Waals surface area contributed by atoms with E-state index in [0.717, 1.165) is 11.3 Å². The van der Waals surface area contributed by atoms with E-state index in [-0.39, 0.29) is 11.4 Å². The van der Waals surface area contributed by atoms with Gasteiger partial charge in [-0.05, 0) is 56.7 Å². The Morgan fingerprint density at radius 2 is 1.76 bits per heavy atom. The van der Waals surface area contributed by atoms with Crippen LogP contribution in [-0.2, 0) is 6.61 Å². The first-order valence-electron chi connectivity index (χ1n) is 6.78. The van der Waals surface area contributed by atoms with Crippen molar-refractivity contribution in [3.8, 4) is 5.75 Å². The number of rotatable bonds is 4. The maximum atomic E-state index is 12.8. The van der Waals surface area contributed by atoms with E-state index >= 15 is 0 Å². The van der Waals surface area contributed by atoms with Crippen LogP contribution in [0.5, 0.6) is 5.75 Å². The van der Waals surface area contributed by atoms with E-state index in [2.05, 4.69) is 26.1 Å². The molecule has 0 radical (unpaired) electrons. The summed E-state index contributed by atoms with van der Waals surface area (Å²) < 4.78 is 18.5. The predicted octanol–water partition coefficient (Wildman–Crippen LogP) is 5.27. The molecule has 0 aliphatic heterocycles. The molecule has 0 atom stereocenters. The number of hydrogen-bond acceptors (Lipinski definition) is 2. The molecule has 2 nitrogen and oxygen atoms in total. The van der Waals surface area contributed by atoms with Gasteiger partial charge in [0.1, 0.15) is 18.2 Å². The molecular weight excluding hydrogens is 289 g/mol. The Kier molecular flexibility index (Phi) is 4.73. The van der Waals surface area contributed by atoms with Gasteiger partial charge in [-0.15, -0.1) is 0 Å². The summed E-state index contributed by atoms with van der Waals surface area (Å²) in [6, 6.07) is 11.8. The summed E-state index contributed by atoms with van der Waals surface area (Å²) in [5, 5.41) is 3.90. The summed E-state index contributed by atoms with van der Waals surface area (Å²) in [6.45, 7) is 6.60. The molecule has 21 heavy (non-hydrogen) atoms. The lowest BCUT2D eigenvalue weighted by Gasteiger charge is -2.22. The molecule has 1 N–H and O–H groups in total. The number of hydrogen-bond donors (Lipinski definition) is 1. The van der Waals surface area contributed by atoms with Crippen LogP contribution in [0.3, 0.4) is 0 Å². The fraction of sp³-hybridized carbons (Fsp3) is 0.294. The molecule has 0 bridgehead atoms. The lowest BCUT2D eigenvalue weighted by molar-refractivity contribution is 0.306. The van der Waals surface area contributed by atoms with Gasteiger partial charge >= 0.3 is 0 Å². The van der Waals surface area contributed by atoms with Gasteiger partial charge in [0.25, 0.3) is 0 Å². The van der Waals surface area contributed by atoms with Crippen LogP contribution in [0.4, 0.5) is 10.1 Å². The summed E-state index contributed by atoms with van der Waals surface area (Å²) >= 11 is 6.22. The highest BCUT2D eigenvalue weighted by molar-refractivity contribution is 6.32. The zero-order valence-corrected chi connectivity index (χ0v) is 13.2. The first kappa shape index (κ1) is 15.6. The highest BCUT2D eigenvalue weighted by atomic mass is 35.5. The molecular formula is C17H19ClFNO. The average molecular weight is 308 g/mol. The minimum atomic E-state index is -0.255. The molecule has 0 aliphatic carbocycles. The van der Waals surface area contributed by atoms with E-state index in [0.29, 0.717) is 17.4 Å². The maximum Gasteiger partial charge on any atom is 0.138 e. The third kappa shape index (κ3) is 4.94. The van der Waals surface area contributed by atoms with Gasteiger partial charge in [0, 0.05) is 11.2 Å². The van der Waals surface area contributed by atoms with Crippen molar-refractivity contribution in [2.45, 2.75) is 32.9 Å². The average Bonchev–Trinajstić information content (AvgIpc) is 2.38. The first-order valence-corrected chi connectivity index (χ1v) is 7.16. The van der Waals surface area contributed by atoms with Crippen LogP contribution in [-0.4, -0.2) is 5.54 Å². The minimum Gasteiger partial charge on any atom is -0.487 e. The lowest BCUT2D eigenvalue weighted by atomic mass is 10.1. The highest BCUT2D eigenvalue weighted by Gasteiger charge is 2.11. The zero-order chi connectivity index (χ0) is 15.5. The molecule has 2 aromatic carbocycles. The summed E-state index contributed by atoms with van der Waals surface area (Å²) in [6.07, 6.45) is 0. The highest BCUT2D eigenvalue weighted by Crippen LogP contribution is 2.29. The molecule has 2 rings (SSSR count). The third-order valence-electron chi connectivity index (χ3n) is 2.76. The standard InChI is InChI=1S/C17H19ClFNO/c1-17(2,3)20-14-8-9-16(15(18)10-14)21-11-12-4-6-13(19)7-5-12/h4-10,20H,11H2,1-3H3. The van der Waals surface area contributed by atoms with Crippen LogP contribution in [0.25, 0.3) is 0 Å². The lowest BCUT2D eigenvalue weighted by Crippen LogP contribution is -2.25. The molecule has 0 unspecified atom stereocenters. The molecule has 0 aromatic heterocycles. The molecule has 0 heterocycles. The van der Waals surface area contributed by atoms with Crippen molar-refractivity contribution >= 4 is 17.3 Å². The Hall–Kier alpha value is -1.74. The Balaban J connectivity index is 2.02. The van der Waals surface area contributed by atoms with Crippen molar-refractivity contribution in [2.24, 2.45) is 0 Å². The second-order valence-corrected chi connectivity index (χ2v) is 6.34. The molecule has 0 aliphatic rings. The van der Waals surface area contributed by atoms with Crippen molar-refractivity contribution < 1.29 is 9.13 Å². The molecule has 0 saturated heterocycles. The number of ether oxygens (including phenoxy) is 1. The van der Waals surface area contributed by atoms with E-state index in [1.807, 2.05) is 18.2 Å². The van der Waals surface area contributed by atoms with Crippen molar-refractivity contribution in [3.05, 3.63) is 58.9 Å². The fourth-order valence-electron chi connectivity index (χ4n) is 1.87. The van der Waals surface area contributed by atoms with Gasteiger partial charge in [0.15, 0.2) is 0 Å². The summed E-state index contributed by atoms with van der Waals surface area (Å²) in [7, 11) is 0. The van der Waals surface area contributed by atoms with Crippen LogP contribution >= 0.6 is 11.6 Å². The monoisotopic (exact) mass is 307 g/mol. The van der Waals surface area contributed by atoms with E-state index in [1.165, 1.54) is 12.1 Å². The number of nitrogens with one attached hydrogen (secondary N) is 1. The Morgan fingerprint density at radius 1 is 1.10 bits per heavy atom. The first-order chi connectivity index (χ1) is 9.83. The number of benzene rings is 2. The van der Waals surface area contributed by atoms with Gasteiger partial charge in [0.05, 0.1) is 5.02 Å². The minimum absolute atomic E-state index is 0.0280. The van der Waals surface area contributed by atoms with Crippen LogP contribution in [0.15, 0.2) is 42.5 Å². The van der Waals surface area contributed by atoms with E-state index in [9.17, 15) is 4.39 Å². The van der Waals surface area contributed by atoms with Gasteiger partial charge in [-0.3, -0.25) is 0 Å². The molecule has 4 heteroatoms. The van der Waals surface area contributed by atoms with Crippen molar-refractivity contribution in [2.75, 3.05) is 5.32 Å². The molecule has 0 amide bonds. The topological polar surface area (TPSA) is 21.3 Å². The van der Waals surface area contributed by atoms with Gasteiger partial charge in [0.2, 0.25) is 0 Å². The van der Waals surface area contributed by atoms with Crippen LogP contribution in [0.1, 0.15) is 26.3 Å². The Bertz CT molecular complexity index is 605. The van der Waals surface area contributed by atoms with E-state index < -0.39 is 0 Å². The van der Waals surface area contributed by atoms with Gasteiger partial charge < -0.3 is 10.1 Å². The Morgan fingerprint density at radius 3 is 2.33 bits per heavy atom. The van der Waals surface area contributed by atoms with E-state index in [1.54, 1.807) is 12.1 Å². The SMILES string of the molecule is CC(C)(C)Nc1ccc(OCc2ccc(F)cc2)c(Cl)c1. The largest absolute Gasteiger partial charge is 0.487 e. The molecule has 2 aromatic rings. The van der Waals surface area contributed by atoms with Gasteiger partial charge in [-0.2, -0.15) is 0 Å². The zero-order valence-electron chi connectivity index (χ0n) is 12.4. The van der Waals surface area contributed by atoms with Crippen molar-refractivity contribution in [1.29, 1.82) is 0 Å². The van der Waals surface area contributed by atoms with Crippen LogP contribution < -0.4 is 10.1 Å². The molecule has 112 valence electrons. The number of halogens is 2. The smallest absolute Gasteiger partial charge is 0.138 e. The van der Waals surface area contributed by atoms with Crippen LogP contribution in [0.2, 0.25) is 5.02 Å². The number of anilines is 1. The summed E-state index contributed by atoms with van der Waals surface area (Å²) in [4.78, 5) is 0. The summed E-state index contributed by atoms with van der Waals surface area (Å²) in [5.74, 6) is 0.356. The quantitative estimate of drug-likeness (QED) is 0.831. The fourth-order valence-corrected chi connectivity index (χ4v) is 2.11. The van der Waals surface area contributed by atoms with Gasteiger partial charge in [-0.25, -0.2) is 4.39 Å². The van der Waals surface area contributed by atoms with Crippen LogP contribution in [0, 0.1) is 5.82 Å². The van der Waals surface area contributed by atoms with Gasteiger partial charge in [-0.1, -0.05) is 23.7 Å². The summed E-state index contributed by atoms with van der Waals surface area (Å²) in [5.41, 5.74) is 1.81. The van der Waals surface area contributed by atoms with Crippen molar-refractivity contribution in [1.82, 2.24) is 0 Å². The molecule has 0 saturated carbocycles. The normalized spacial score (nSPS) is 11.3. The Labute approximate surface area is 129 Å². The van der Waals surface area contributed by atoms with E-state index in [4.69, 9.17) is 16.3 Å². The maximum absolute atomic E-state index is 12.8. The molecule has 0 spiro atoms. The predicted molar refractivity (Wildman–Crippen MR) is 85.6 cm³/mol. The molecule has 0 fully saturated rings. The van der Waals surface area contributed by atoms with Crippen molar-refractivity contribution in [3.63, 3.8) is 0 Å². The second-order valence-electron chi connectivity index (χ2n) is 5.94. The third-order valence-corrected chi connectivity index (χ3v) is 3.05. The second kappa shape index (κ2) is 6.35.